The maximum absolute atomic E-state index is 6.45. The summed E-state index contributed by atoms with van der Waals surface area (Å²) < 4.78 is 0. The van der Waals surface area contributed by atoms with E-state index in [0.717, 1.165) is 43.4 Å². The van der Waals surface area contributed by atoms with Crippen molar-refractivity contribution in [3.63, 3.8) is 0 Å². The second kappa shape index (κ2) is 7.07. The number of aromatic nitrogens is 2. The Hall–Kier alpha value is -2.43. The van der Waals surface area contributed by atoms with Crippen LogP contribution in [-0.2, 0) is 5.41 Å². The first-order valence-corrected chi connectivity index (χ1v) is 11.3. The molecule has 2 bridgehead atoms. The number of nitrogens with one attached hydrogen (secondary N) is 1. The van der Waals surface area contributed by atoms with Gasteiger partial charge in [-0.3, -0.25) is 0 Å². The van der Waals surface area contributed by atoms with Gasteiger partial charge in [-0.2, -0.15) is 0 Å². The Morgan fingerprint density at radius 1 is 0.967 bits per heavy atom. The quantitative estimate of drug-likeness (QED) is 0.660. The summed E-state index contributed by atoms with van der Waals surface area (Å²) >= 11 is 6.45. The predicted octanol–water partition coefficient (Wildman–Crippen LogP) is 4.84. The molecule has 5 heteroatoms. The molecule has 3 aliphatic rings. The Bertz CT molecular complexity index is 1080. The molecule has 1 N–H and O–H groups in total. The van der Waals surface area contributed by atoms with Gasteiger partial charge in [0.25, 0.3) is 0 Å². The molecule has 1 saturated heterocycles. The van der Waals surface area contributed by atoms with E-state index in [9.17, 15) is 0 Å². The van der Waals surface area contributed by atoms with Gasteiger partial charge in [0.2, 0.25) is 5.95 Å². The average molecular weight is 417 g/mol. The van der Waals surface area contributed by atoms with Gasteiger partial charge in [0, 0.05) is 54.4 Å². The van der Waals surface area contributed by atoms with Gasteiger partial charge in [-0.25, -0.2) is 9.97 Å². The molecule has 6 rings (SSSR count). The van der Waals surface area contributed by atoms with E-state index >= 15 is 0 Å². The van der Waals surface area contributed by atoms with Crippen LogP contribution in [0.4, 0.5) is 5.95 Å². The summed E-state index contributed by atoms with van der Waals surface area (Å²) in [5, 5.41) is 4.35. The number of hydrogen-bond donors (Lipinski definition) is 1. The fraction of sp³-hybridized carbons (Fsp3) is 0.360. The number of rotatable bonds is 4. The van der Waals surface area contributed by atoms with E-state index in [2.05, 4.69) is 62.6 Å². The summed E-state index contributed by atoms with van der Waals surface area (Å²) in [5.41, 5.74) is 6.05. The molecule has 2 unspecified atom stereocenters. The molecule has 2 heterocycles. The topological polar surface area (TPSA) is 41.0 Å². The van der Waals surface area contributed by atoms with E-state index < -0.39 is 0 Å². The number of halogens is 1. The molecule has 0 spiro atoms. The highest BCUT2D eigenvalue weighted by molar-refractivity contribution is 6.30. The van der Waals surface area contributed by atoms with E-state index in [1.54, 1.807) is 12.4 Å². The number of likely N-dealkylation sites (tertiary alicyclic amines) is 1. The van der Waals surface area contributed by atoms with Gasteiger partial charge in [0.1, 0.15) is 0 Å². The molecule has 30 heavy (non-hydrogen) atoms. The molecule has 0 saturated carbocycles. The Morgan fingerprint density at radius 3 is 2.57 bits per heavy atom. The predicted molar refractivity (Wildman–Crippen MR) is 120 cm³/mol. The van der Waals surface area contributed by atoms with Crippen LogP contribution in [0.15, 0.2) is 60.9 Å². The Morgan fingerprint density at radius 2 is 1.73 bits per heavy atom. The minimum absolute atomic E-state index is 0.0737. The van der Waals surface area contributed by atoms with Crippen molar-refractivity contribution in [1.82, 2.24) is 14.9 Å². The molecule has 4 nitrogen and oxygen atoms in total. The summed E-state index contributed by atoms with van der Waals surface area (Å²) in [6, 6.07) is 17.9. The first-order valence-electron chi connectivity index (χ1n) is 10.9. The standard InChI is InChI=1S/C25H25ClN4/c26-17-6-7-20-21-15-25(23(20)14-17,22-5-2-1-4-19(21)22)16-30-12-8-18(9-13-30)29-24-27-10-3-11-28-24/h1-7,10-11,14,18,21H,8-9,12-13,15-16H2,(H,27,28,29). The second-order valence-corrected chi connectivity index (χ2v) is 9.36. The molecule has 2 aliphatic carbocycles. The summed E-state index contributed by atoms with van der Waals surface area (Å²) in [7, 11) is 0. The van der Waals surface area contributed by atoms with E-state index in [1.165, 1.54) is 28.7 Å². The first-order chi connectivity index (χ1) is 14.7. The Kier molecular flexibility index (Phi) is 4.32. The van der Waals surface area contributed by atoms with E-state index in [-0.39, 0.29) is 5.41 Å². The fourth-order valence-corrected chi connectivity index (χ4v) is 6.16. The monoisotopic (exact) mass is 416 g/mol. The molecule has 1 aromatic heterocycles. The number of nitrogens with zero attached hydrogens (tertiary/aromatic N) is 3. The highest BCUT2D eigenvalue weighted by Gasteiger charge is 2.53. The summed E-state index contributed by atoms with van der Waals surface area (Å²) in [6.07, 6.45) is 6.99. The highest BCUT2D eigenvalue weighted by Crippen LogP contribution is 2.60. The average Bonchev–Trinajstić information content (AvgIpc) is 3.27. The van der Waals surface area contributed by atoms with E-state index in [1.807, 2.05) is 6.07 Å². The van der Waals surface area contributed by atoms with Gasteiger partial charge in [-0.15, -0.1) is 0 Å². The number of fused-ring (bicyclic) bond motifs is 8. The van der Waals surface area contributed by atoms with Crippen molar-refractivity contribution in [2.24, 2.45) is 0 Å². The highest BCUT2D eigenvalue weighted by atomic mass is 35.5. The molecule has 1 aliphatic heterocycles. The minimum Gasteiger partial charge on any atom is -0.351 e. The SMILES string of the molecule is Clc1ccc2c(c1)C1(CN3CCC(Nc4ncccn4)CC3)CC2c2ccccc21. The smallest absolute Gasteiger partial charge is 0.222 e. The maximum Gasteiger partial charge on any atom is 0.222 e. The van der Waals surface area contributed by atoms with Crippen LogP contribution in [-0.4, -0.2) is 40.5 Å². The molecule has 0 radical (unpaired) electrons. The lowest BCUT2D eigenvalue weighted by molar-refractivity contribution is 0.186. The zero-order valence-electron chi connectivity index (χ0n) is 16.9. The van der Waals surface area contributed by atoms with Crippen LogP contribution in [0, 0.1) is 0 Å². The van der Waals surface area contributed by atoms with Gasteiger partial charge < -0.3 is 10.2 Å². The van der Waals surface area contributed by atoms with Crippen molar-refractivity contribution < 1.29 is 0 Å². The zero-order valence-corrected chi connectivity index (χ0v) is 17.6. The van der Waals surface area contributed by atoms with Crippen LogP contribution in [0.3, 0.4) is 0 Å². The van der Waals surface area contributed by atoms with Crippen LogP contribution in [0.5, 0.6) is 0 Å². The first kappa shape index (κ1) is 18.3. The van der Waals surface area contributed by atoms with Gasteiger partial charge >= 0.3 is 0 Å². The van der Waals surface area contributed by atoms with Crippen molar-refractivity contribution in [2.75, 3.05) is 25.0 Å². The number of anilines is 1. The van der Waals surface area contributed by atoms with Crippen LogP contribution < -0.4 is 5.32 Å². The Labute approximate surface area is 182 Å². The number of hydrogen-bond acceptors (Lipinski definition) is 4. The lowest BCUT2D eigenvalue weighted by atomic mass is 9.74. The van der Waals surface area contributed by atoms with Crippen molar-refractivity contribution in [1.29, 1.82) is 0 Å². The summed E-state index contributed by atoms with van der Waals surface area (Å²) in [6.45, 7) is 3.26. The molecular formula is C25H25ClN4. The molecule has 0 amide bonds. The minimum atomic E-state index is 0.0737. The summed E-state index contributed by atoms with van der Waals surface area (Å²) in [4.78, 5) is 11.3. The van der Waals surface area contributed by atoms with Crippen molar-refractivity contribution >= 4 is 17.5 Å². The molecular weight excluding hydrogens is 392 g/mol. The fourth-order valence-electron chi connectivity index (χ4n) is 5.99. The number of piperidine rings is 1. The van der Waals surface area contributed by atoms with Crippen LogP contribution in [0.25, 0.3) is 0 Å². The maximum atomic E-state index is 6.45. The third-order valence-electron chi connectivity index (χ3n) is 7.29. The van der Waals surface area contributed by atoms with Gasteiger partial charge in [-0.05, 0) is 59.7 Å². The normalized spacial score (nSPS) is 25.2. The Balaban J connectivity index is 1.24. The summed E-state index contributed by atoms with van der Waals surface area (Å²) in [5.74, 6) is 1.25. The van der Waals surface area contributed by atoms with Gasteiger partial charge in [0.15, 0.2) is 0 Å². The molecule has 3 aromatic rings. The number of benzene rings is 2. The molecule has 152 valence electrons. The van der Waals surface area contributed by atoms with Crippen LogP contribution in [0.1, 0.15) is 47.4 Å². The van der Waals surface area contributed by atoms with Crippen LogP contribution in [0.2, 0.25) is 5.02 Å². The lowest BCUT2D eigenvalue weighted by Gasteiger charge is -2.40. The van der Waals surface area contributed by atoms with Crippen molar-refractivity contribution in [2.45, 2.75) is 36.6 Å². The largest absolute Gasteiger partial charge is 0.351 e. The third-order valence-corrected chi connectivity index (χ3v) is 7.53. The second-order valence-electron chi connectivity index (χ2n) is 8.92. The lowest BCUT2D eigenvalue weighted by Crippen LogP contribution is -2.46. The third kappa shape index (κ3) is 2.85. The zero-order chi connectivity index (χ0) is 20.1. The van der Waals surface area contributed by atoms with Crippen molar-refractivity contribution in [3.05, 3.63) is 88.2 Å². The van der Waals surface area contributed by atoms with Gasteiger partial charge in [-0.1, -0.05) is 41.9 Å². The molecule has 2 atom stereocenters. The van der Waals surface area contributed by atoms with Gasteiger partial charge in [0.05, 0.1) is 0 Å². The van der Waals surface area contributed by atoms with E-state index in [4.69, 9.17) is 11.6 Å². The van der Waals surface area contributed by atoms with E-state index in [0.29, 0.717) is 12.0 Å². The van der Waals surface area contributed by atoms with Crippen LogP contribution >= 0.6 is 11.6 Å². The molecule has 2 aromatic carbocycles. The van der Waals surface area contributed by atoms with Crippen molar-refractivity contribution in [3.8, 4) is 0 Å². The molecule has 1 fully saturated rings.